The van der Waals surface area contributed by atoms with Crippen molar-refractivity contribution in [1.82, 2.24) is 10.6 Å². The second-order valence-corrected chi connectivity index (χ2v) is 4.65. The summed E-state index contributed by atoms with van der Waals surface area (Å²) in [4.78, 5) is 11.4. The summed E-state index contributed by atoms with van der Waals surface area (Å²) in [7, 11) is 0. The maximum Gasteiger partial charge on any atom is 0.234 e. The highest BCUT2D eigenvalue weighted by atomic mass is 19.2. The van der Waals surface area contributed by atoms with Crippen molar-refractivity contribution in [3.05, 3.63) is 35.4 Å². The van der Waals surface area contributed by atoms with Gasteiger partial charge in [-0.25, -0.2) is 8.78 Å². The van der Waals surface area contributed by atoms with E-state index >= 15 is 0 Å². The van der Waals surface area contributed by atoms with Crippen LogP contribution in [0.2, 0.25) is 0 Å². The van der Waals surface area contributed by atoms with Gasteiger partial charge in [0.1, 0.15) is 0 Å². The third kappa shape index (κ3) is 3.27. The lowest BCUT2D eigenvalue weighted by molar-refractivity contribution is -0.120. The highest BCUT2D eigenvalue weighted by Gasteiger charge is 2.27. The van der Waals surface area contributed by atoms with Gasteiger partial charge in [0, 0.05) is 18.5 Å². The van der Waals surface area contributed by atoms with Crippen molar-refractivity contribution in [2.75, 3.05) is 19.6 Å². The molecule has 1 fully saturated rings. The Balaban J connectivity index is 2.18. The molecule has 1 amide bonds. The fourth-order valence-corrected chi connectivity index (χ4v) is 2.42. The second-order valence-electron chi connectivity index (χ2n) is 4.65. The molecule has 0 aromatic heterocycles. The number of piperidine rings is 1. The zero-order valence-electron chi connectivity index (χ0n) is 10.5. The van der Waals surface area contributed by atoms with Crippen LogP contribution in [-0.4, -0.2) is 31.6 Å². The lowest BCUT2D eigenvalue weighted by Gasteiger charge is -2.33. The second kappa shape index (κ2) is 6.08. The van der Waals surface area contributed by atoms with Crippen molar-refractivity contribution < 1.29 is 13.6 Å². The van der Waals surface area contributed by atoms with Crippen molar-refractivity contribution in [3.8, 4) is 0 Å². The molecule has 0 radical (unpaired) electrons. The zero-order chi connectivity index (χ0) is 13.8. The summed E-state index contributed by atoms with van der Waals surface area (Å²) in [5, 5.41) is 5.98. The Bertz CT molecular complexity index is 467. The van der Waals surface area contributed by atoms with Crippen LogP contribution in [0, 0.1) is 11.6 Å². The van der Waals surface area contributed by atoms with E-state index in [4.69, 9.17) is 5.73 Å². The Labute approximate surface area is 110 Å². The molecule has 2 unspecified atom stereocenters. The van der Waals surface area contributed by atoms with Crippen LogP contribution in [0.15, 0.2) is 18.2 Å². The Kier molecular flexibility index (Phi) is 4.44. The number of hydrogen-bond acceptors (Lipinski definition) is 3. The normalized spacial score (nSPS) is 23.1. The summed E-state index contributed by atoms with van der Waals surface area (Å²) in [5.74, 6) is -2.01. The smallest absolute Gasteiger partial charge is 0.234 e. The molecule has 1 aliphatic rings. The minimum Gasteiger partial charge on any atom is -0.350 e. The summed E-state index contributed by atoms with van der Waals surface area (Å²) in [5.41, 5.74) is 5.97. The van der Waals surface area contributed by atoms with E-state index in [0.717, 1.165) is 19.0 Å². The molecule has 4 N–H and O–H groups in total. The molecule has 6 heteroatoms. The van der Waals surface area contributed by atoms with Crippen LogP contribution in [0.25, 0.3) is 0 Å². The number of benzene rings is 1. The molecule has 0 bridgehead atoms. The van der Waals surface area contributed by atoms with Gasteiger partial charge < -0.3 is 16.4 Å². The minimum atomic E-state index is -0.861. The van der Waals surface area contributed by atoms with Crippen LogP contribution in [0.4, 0.5) is 8.78 Å². The lowest BCUT2D eigenvalue weighted by Crippen LogP contribution is -2.51. The Hall–Kier alpha value is -1.53. The Morgan fingerprint density at radius 2 is 2.21 bits per heavy atom. The van der Waals surface area contributed by atoms with Crippen molar-refractivity contribution in [2.24, 2.45) is 5.73 Å². The number of halogens is 2. The van der Waals surface area contributed by atoms with Gasteiger partial charge in [0.25, 0.3) is 0 Å². The summed E-state index contributed by atoms with van der Waals surface area (Å²) in [6.07, 6.45) is 0.751. The first-order chi connectivity index (χ1) is 9.11. The highest BCUT2D eigenvalue weighted by Crippen LogP contribution is 2.26. The van der Waals surface area contributed by atoms with Gasteiger partial charge in [0.05, 0.1) is 6.54 Å². The molecule has 1 aromatic rings. The van der Waals surface area contributed by atoms with Crippen molar-refractivity contribution in [3.63, 3.8) is 0 Å². The number of nitrogens with two attached hydrogens (primary N) is 1. The highest BCUT2D eigenvalue weighted by molar-refractivity contribution is 5.78. The van der Waals surface area contributed by atoms with E-state index in [0.29, 0.717) is 12.1 Å². The van der Waals surface area contributed by atoms with Gasteiger partial charge in [-0.2, -0.15) is 0 Å². The first-order valence-electron chi connectivity index (χ1n) is 6.27. The Morgan fingerprint density at radius 3 is 2.89 bits per heavy atom. The number of carbonyl (C=O) groups is 1. The molecule has 1 aromatic carbocycles. The molecule has 1 saturated heterocycles. The van der Waals surface area contributed by atoms with Crippen molar-refractivity contribution >= 4 is 5.91 Å². The molecule has 1 aliphatic heterocycles. The maximum atomic E-state index is 13.3. The molecule has 0 aliphatic carbocycles. The first kappa shape index (κ1) is 13.9. The predicted octanol–water partition coefficient (Wildman–Crippen LogP) is 0.485. The van der Waals surface area contributed by atoms with E-state index in [2.05, 4.69) is 10.6 Å². The molecular formula is C13H17F2N3O. The lowest BCUT2D eigenvalue weighted by atomic mass is 9.86. The molecule has 2 atom stereocenters. The van der Waals surface area contributed by atoms with Crippen LogP contribution in [0.5, 0.6) is 0 Å². The average Bonchev–Trinajstić information content (AvgIpc) is 2.42. The van der Waals surface area contributed by atoms with Gasteiger partial charge in [-0.15, -0.1) is 0 Å². The SMILES string of the molecule is NCC(=O)NC1CNCCC1c1ccc(F)c(F)c1. The molecule has 0 spiro atoms. The fraction of sp³-hybridized carbons (Fsp3) is 0.462. The van der Waals surface area contributed by atoms with Crippen LogP contribution >= 0.6 is 0 Å². The van der Waals surface area contributed by atoms with Crippen LogP contribution in [-0.2, 0) is 4.79 Å². The van der Waals surface area contributed by atoms with E-state index < -0.39 is 11.6 Å². The molecular weight excluding hydrogens is 252 g/mol. The van der Waals surface area contributed by atoms with Gasteiger partial charge in [-0.3, -0.25) is 4.79 Å². The molecule has 2 rings (SSSR count). The van der Waals surface area contributed by atoms with E-state index in [1.54, 1.807) is 6.07 Å². The van der Waals surface area contributed by atoms with E-state index in [1.165, 1.54) is 6.07 Å². The quantitative estimate of drug-likeness (QED) is 0.748. The number of amides is 1. The third-order valence-electron chi connectivity index (χ3n) is 3.39. The van der Waals surface area contributed by atoms with Gasteiger partial charge in [0.15, 0.2) is 11.6 Å². The zero-order valence-corrected chi connectivity index (χ0v) is 10.5. The van der Waals surface area contributed by atoms with E-state index in [9.17, 15) is 13.6 Å². The topological polar surface area (TPSA) is 67.2 Å². The molecule has 1 heterocycles. The van der Waals surface area contributed by atoms with Crippen LogP contribution in [0.1, 0.15) is 17.9 Å². The van der Waals surface area contributed by atoms with E-state index in [1.807, 2.05) is 0 Å². The molecule has 4 nitrogen and oxygen atoms in total. The van der Waals surface area contributed by atoms with Crippen LogP contribution in [0.3, 0.4) is 0 Å². The first-order valence-corrected chi connectivity index (χ1v) is 6.27. The Morgan fingerprint density at radius 1 is 1.42 bits per heavy atom. The van der Waals surface area contributed by atoms with Crippen molar-refractivity contribution in [2.45, 2.75) is 18.4 Å². The summed E-state index contributed by atoms with van der Waals surface area (Å²) < 4.78 is 26.2. The monoisotopic (exact) mass is 269 g/mol. The number of rotatable bonds is 3. The summed E-state index contributed by atoms with van der Waals surface area (Å²) >= 11 is 0. The molecule has 0 saturated carbocycles. The number of hydrogen-bond donors (Lipinski definition) is 3. The van der Waals surface area contributed by atoms with Crippen molar-refractivity contribution in [1.29, 1.82) is 0 Å². The van der Waals surface area contributed by atoms with Gasteiger partial charge in [0.2, 0.25) is 5.91 Å². The minimum absolute atomic E-state index is 0.0353. The summed E-state index contributed by atoms with van der Waals surface area (Å²) in [6.45, 7) is 1.29. The molecule has 19 heavy (non-hydrogen) atoms. The largest absolute Gasteiger partial charge is 0.350 e. The van der Waals surface area contributed by atoms with Gasteiger partial charge in [-0.05, 0) is 30.7 Å². The standard InChI is InChI=1S/C13H17F2N3O/c14-10-2-1-8(5-11(10)15)9-3-4-17-7-12(9)18-13(19)6-16/h1-2,5,9,12,17H,3-4,6-7,16H2,(H,18,19). The average molecular weight is 269 g/mol. The van der Waals surface area contributed by atoms with Gasteiger partial charge >= 0.3 is 0 Å². The number of nitrogens with one attached hydrogen (secondary N) is 2. The van der Waals surface area contributed by atoms with Gasteiger partial charge in [-0.1, -0.05) is 6.07 Å². The number of carbonyl (C=O) groups excluding carboxylic acids is 1. The van der Waals surface area contributed by atoms with Crippen LogP contribution < -0.4 is 16.4 Å². The third-order valence-corrected chi connectivity index (χ3v) is 3.39. The predicted molar refractivity (Wildman–Crippen MR) is 67.6 cm³/mol. The fourth-order valence-electron chi connectivity index (χ4n) is 2.42. The molecule has 104 valence electrons. The van der Waals surface area contributed by atoms with E-state index in [-0.39, 0.29) is 24.4 Å². The summed E-state index contributed by atoms with van der Waals surface area (Å²) in [6, 6.07) is 3.73. The maximum absolute atomic E-state index is 13.3.